The van der Waals surface area contributed by atoms with Crippen LogP contribution in [0.25, 0.3) is 0 Å². The molecular formula is C21H25O6P. The number of hydrogen-bond donors (Lipinski definition) is 2. The predicted molar refractivity (Wildman–Crippen MR) is 105 cm³/mol. The fourth-order valence-corrected chi connectivity index (χ4v) is 4.89. The largest absolute Gasteiger partial charge is 0.481 e. The van der Waals surface area contributed by atoms with Gasteiger partial charge in [-0.3, -0.25) is 13.8 Å². The third-order valence-corrected chi connectivity index (χ3v) is 6.36. The van der Waals surface area contributed by atoms with E-state index < -0.39 is 19.9 Å². The van der Waals surface area contributed by atoms with Crippen LogP contribution < -0.4 is 0 Å². The molecule has 0 radical (unpaired) electrons. The van der Waals surface area contributed by atoms with E-state index in [4.69, 9.17) is 14.2 Å². The van der Waals surface area contributed by atoms with Gasteiger partial charge in [0.2, 0.25) is 0 Å². The molecule has 1 atom stereocenters. The Morgan fingerprint density at radius 2 is 1.50 bits per heavy atom. The second-order valence-electron chi connectivity index (χ2n) is 7.06. The van der Waals surface area contributed by atoms with Gasteiger partial charge in [0.05, 0.1) is 19.1 Å². The molecule has 0 aliphatic heterocycles. The number of hydrogen-bond acceptors (Lipinski definition) is 4. The lowest BCUT2D eigenvalue weighted by Crippen LogP contribution is -2.35. The molecule has 0 aromatic heterocycles. The van der Waals surface area contributed by atoms with Gasteiger partial charge in [0.1, 0.15) is 0 Å². The normalized spacial score (nSPS) is 19.0. The zero-order valence-corrected chi connectivity index (χ0v) is 16.5. The number of aliphatic carboxylic acids is 1. The fraction of sp³-hybridized carbons (Fsp3) is 0.381. The SMILES string of the molecule is O=C(O)CCOP(=O)(O)OC1CCC(c2ccccc2)(c2ccccc2)CC1. The minimum absolute atomic E-state index is 0.161. The van der Waals surface area contributed by atoms with Crippen molar-refractivity contribution in [3.05, 3.63) is 71.8 Å². The van der Waals surface area contributed by atoms with E-state index in [1.165, 1.54) is 11.1 Å². The number of carboxylic acids is 1. The van der Waals surface area contributed by atoms with Crippen LogP contribution >= 0.6 is 7.82 Å². The van der Waals surface area contributed by atoms with E-state index in [9.17, 15) is 14.3 Å². The standard InChI is InChI=1S/C21H25O6P/c22-20(23)13-16-26-28(24,25)27-19-11-14-21(15-12-19,17-7-3-1-4-8-17)18-9-5-2-6-10-18/h1-10,19H,11-16H2,(H,22,23)(H,24,25). The molecule has 2 N–H and O–H groups in total. The maximum Gasteiger partial charge on any atom is 0.472 e. The zero-order valence-electron chi connectivity index (χ0n) is 15.6. The van der Waals surface area contributed by atoms with Crippen molar-refractivity contribution in [3.8, 4) is 0 Å². The molecule has 3 rings (SSSR count). The predicted octanol–water partition coefficient (Wildman–Crippen LogP) is 4.52. The molecule has 6 nitrogen and oxygen atoms in total. The zero-order chi connectivity index (χ0) is 20.0. The molecule has 1 aliphatic carbocycles. The Balaban J connectivity index is 1.70. The van der Waals surface area contributed by atoms with Gasteiger partial charge >= 0.3 is 13.8 Å². The third kappa shape index (κ3) is 5.09. The van der Waals surface area contributed by atoms with E-state index in [1.54, 1.807) is 0 Å². The summed E-state index contributed by atoms with van der Waals surface area (Å²) in [6, 6.07) is 20.6. The molecule has 0 amide bonds. The molecule has 2 aromatic rings. The smallest absolute Gasteiger partial charge is 0.472 e. The van der Waals surface area contributed by atoms with Gasteiger partial charge in [-0.25, -0.2) is 4.57 Å². The monoisotopic (exact) mass is 404 g/mol. The van der Waals surface area contributed by atoms with Gasteiger partial charge in [0.25, 0.3) is 0 Å². The second-order valence-corrected chi connectivity index (χ2v) is 8.47. The number of phosphoric ester groups is 1. The molecule has 1 unspecified atom stereocenters. The van der Waals surface area contributed by atoms with Crippen LogP contribution in [-0.4, -0.2) is 28.7 Å². The van der Waals surface area contributed by atoms with Crippen molar-refractivity contribution >= 4 is 13.8 Å². The third-order valence-electron chi connectivity index (χ3n) is 5.29. The molecule has 0 heterocycles. The Labute approximate surface area is 164 Å². The van der Waals surface area contributed by atoms with Crippen molar-refractivity contribution in [1.29, 1.82) is 0 Å². The van der Waals surface area contributed by atoms with Crippen LogP contribution in [0.2, 0.25) is 0 Å². The topological polar surface area (TPSA) is 93.1 Å². The first-order chi connectivity index (χ1) is 13.4. The minimum Gasteiger partial charge on any atom is -0.481 e. The number of phosphoric acid groups is 1. The van der Waals surface area contributed by atoms with Crippen LogP contribution in [0.3, 0.4) is 0 Å². The van der Waals surface area contributed by atoms with Crippen LogP contribution in [0.1, 0.15) is 43.2 Å². The van der Waals surface area contributed by atoms with Gasteiger partial charge in [-0.1, -0.05) is 60.7 Å². The summed E-state index contributed by atoms with van der Waals surface area (Å²) in [6.45, 7) is -0.353. The summed E-state index contributed by atoms with van der Waals surface area (Å²) < 4.78 is 22.2. The molecule has 2 aromatic carbocycles. The summed E-state index contributed by atoms with van der Waals surface area (Å²) in [5.41, 5.74) is 2.29. The highest BCUT2D eigenvalue weighted by Crippen LogP contribution is 2.51. The summed E-state index contributed by atoms with van der Waals surface area (Å²) >= 11 is 0. The van der Waals surface area contributed by atoms with Crippen LogP contribution in [-0.2, 0) is 23.8 Å². The Bertz CT molecular complexity index is 774. The summed E-state index contributed by atoms with van der Waals surface area (Å²) in [6.07, 6.45) is 2.03. The van der Waals surface area contributed by atoms with Crippen molar-refractivity contribution < 1.29 is 28.4 Å². The quantitative estimate of drug-likeness (QED) is 0.628. The average Bonchev–Trinajstić information content (AvgIpc) is 2.69. The molecule has 0 spiro atoms. The van der Waals surface area contributed by atoms with E-state index in [0.29, 0.717) is 12.8 Å². The Morgan fingerprint density at radius 3 is 1.96 bits per heavy atom. The van der Waals surface area contributed by atoms with Crippen molar-refractivity contribution in [3.63, 3.8) is 0 Å². The second kappa shape index (κ2) is 9.01. The summed E-state index contributed by atoms with van der Waals surface area (Å²) in [5, 5.41) is 8.61. The molecule has 7 heteroatoms. The van der Waals surface area contributed by atoms with Crippen LogP contribution in [0.4, 0.5) is 0 Å². The van der Waals surface area contributed by atoms with Gasteiger partial charge in [-0.2, -0.15) is 0 Å². The van der Waals surface area contributed by atoms with Crippen molar-refractivity contribution in [2.45, 2.75) is 43.6 Å². The van der Waals surface area contributed by atoms with Gasteiger partial charge in [-0.15, -0.1) is 0 Å². The van der Waals surface area contributed by atoms with Crippen molar-refractivity contribution in [1.82, 2.24) is 0 Å². The first kappa shape index (κ1) is 20.7. The van der Waals surface area contributed by atoms with E-state index in [1.807, 2.05) is 36.4 Å². The number of carbonyl (C=O) groups is 1. The van der Waals surface area contributed by atoms with E-state index in [-0.39, 0.29) is 18.4 Å². The minimum atomic E-state index is -4.27. The first-order valence-electron chi connectivity index (χ1n) is 9.40. The van der Waals surface area contributed by atoms with Gasteiger partial charge in [0.15, 0.2) is 0 Å². The molecule has 28 heavy (non-hydrogen) atoms. The van der Waals surface area contributed by atoms with E-state index in [2.05, 4.69) is 24.3 Å². The van der Waals surface area contributed by atoms with E-state index in [0.717, 1.165) is 12.8 Å². The van der Waals surface area contributed by atoms with Crippen molar-refractivity contribution in [2.75, 3.05) is 6.61 Å². The van der Waals surface area contributed by atoms with Crippen LogP contribution in [0.5, 0.6) is 0 Å². The Morgan fingerprint density at radius 1 is 1.00 bits per heavy atom. The summed E-state index contributed by atoms with van der Waals surface area (Å²) in [5.74, 6) is -1.09. The van der Waals surface area contributed by atoms with Crippen LogP contribution in [0, 0.1) is 0 Å². The molecule has 0 saturated heterocycles. The fourth-order valence-electron chi connectivity index (χ4n) is 3.92. The number of benzene rings is 2. The molecule has 1 saturated carbocycles. The lowest BCUT2D eigenvalue weighted by atomic mass is 9.65. The lowest BCUT2D eigenvalue weighted by Gasteiger charge is -2.41. The Kier molecular flexibility index (Phi) is 6.68. The van der Waals surface area contributed by atoms with Gasteiger partial charge in [0, 0.05) is 5.41 Å². The highest BCUT2D eigenvalue weighted by atomic mass is 31.2. The highest BCUT2D eigenvalue weighted by molar-refractivity contribution is 7.47. The number of rotatable bonds is 8. The lowest BCUT2D eigenvalue weighted by molar-refractivity contribution is -0.137. The van der Waals surface area contributed by atoms with Gasteiger partial charge in [-0.05, 0) is 36.8 Å². The highest BCUT2D eigenvalue weighted by Gasteiger charge is 2.40. The van der Waals surface area contributed by atoms with Crippen LogP contribution in [0.15, 0.2) is 60.7 Å². The maximum absolute atomic E-state index is 12.1. The molecule has 1 fully saturated rings. The van der Waals surface area contributed by atoms with Crippen molar-refractivity contribution in [2.24, 2.45) is 0 Å². The first-order valence-corrected chi connectivity index (χ1v) is 10.9. The Hall–Kier alpha value is -1.98. The number of carboxylic acid groups (broad SMARTS) is 1. The maximum atomic E-state index is 12.1. The molecule has 1 aliphatic rings. The summed E-state index contributed by atoms with van der Waals surface area (Å²) in [4.78, 5) is 20.4. The molecule has 150 valence electrons. The van der Waals surface area contributed by atoms with Gasteiger partial charge < -0.3 is 10.00 Å². The molecule has 0 bridgehead atoms. The average molecular weight is 404 g/mol. The molecular weight excluding hydrogens is 379 g/mol. The summed E-state index contributed by atoms with van der Waals surface area (Å²) in [7, 11) is -4.27. The van der Waals surface area contributed by atoms with E-state index >= 15 is 0 Å².